The fraction of sp³-hybridized carbons (Fsp3) is 0.133. The summed E-state index contributed by atoms with van der Waals surface area (Å²) in [5.41, 5.74) is 2.02. The van der Waals surface area contributed by atoms with Crippen LogP contribution in [0.15, 0.2) is 46.4 Å². The van der Waals surface area contributed by atoms with E-state index in [2.05, 4.69) is 34.6 Å². The van der Waals surface area contributed by atoms with Gasteiger partial charge in [0.25, 0.3) is 0 Å². The van der Waals surface area contributed by atoms with Gasteiger partial charge < -0.3 is 4.74 Å². The van der Waals surface area contributed by atoms with E-state index in [9.17, 15) is 0 Å². The monoisotopic (exact) mass is 287 g/mol. The van der Waals surface area contributed by atoms with E-state index < -0.39 is 0 Å². The third kappa shape index (κ3) is 2.55. The zero-order chi connectivity index (χ0) is 13.2. The Morgan fingerprint density at radius 1 is 1.26 bits per heavy atom. The Labute approximate surface area is 120 Å². The summed E-state index contributed by atoms with van der Waals surface area (Å²) in [4.78, 5) is 8.08. The van der Waals surface area contributed by atoms with Crippen LogP contribution >= 0.6 is 22.7 Å². The molecule has 0 aliphatic carbocycles. The van der Waals surface area contributed by atoms with Gasteiger partial charge in [-0.25, -0.2) is 0 Å². The largest absolute Gasteiger partial charge is 0.495 e. The van der Waals surface area contributed by atoms with Crippen molar-refractivity contribution in [3.63, 3.8) is 0 Å². The number of ether oxygens (including phenoxy) is 1. The van der Waals surface area contributed by atoms with Crippen LogP contribution in [-0.2, 0) is 0 Å². The zero-order valence-electron chi connectivity index (χ0n) is 10.7. The van der Waals surface area contributed by atoms with Gasteiger partial charge in [0.1, 0.15) is 5.75 Å². The van der Waals surface area contributed by atoms with Gasteiger partial charge in [-0.2, -0.15) is 0 Å². The summed E-state index contributed by atoms with van der Waals surface area (Å²) in [6.45, 7) is 2.00. The zero-order valence-corrected chi connectivity index (χ0v) is 12.3. The van der Waals surface area contributed by atoms with E-state index in [1.54, 1.807) is 29.8 Å². The van der Waals surface area contributed by atoms with E-state index in [1.165, 1.54) is 9.75 Å². The first-order valence-electron chi connectivity index (χ1n) is 5.93. The quantitative estimate of drug-likeness (QED) is 0.790. The first kappa shape index (κ1) is 12.4. The van der Waals surface area contributed by atoms with Gasteiger partial charge in [-0.05, 0) is 36.6 Å². The number of hydrogen-bond donors (Lipinski definition) is 0. The van der Waals surface area contributed by atoms with Crippen molar-refractivity contribution in [2.45, 2.75) is 6.92 Å². The highest BCUT2D eigenvalue weighted by molar-refractivity contribution is 7.22. The van der Waals surface area contributed by atoms with Gasteiger partial charge in [0.2, 0.25) is 0 Å². The molecule has 0 fully saturated rings. The lowest BCUT2D eigenvalue weighted by Crippen LogP contribution is -1.81. The van der Waals surface area contributed by atoms with Crippen molar-refractivity contribution in [2.75, 3.05) is 7.11 Å². The van der Waals surface area contributed by atoms with Crippen LogP contribution in [-0.4, -0.2) is 12.8 Å². The van der Waals surface area contributed by atoms with Crippen molar-refractivity contribution in [1.29, 1.82) is 0 Å². The Bertz CT molecular complexity index is 675. The average molecular weight is 287 g/mol. The molecule has 0 saturated heterocycles. The second kappa shape index (κ2) is 5.15. The molecular weight excluding hydrogens is 274 g/mol. The van der Waals surface area contributed by atoms with E-state index >= 15 is 0 Å². The van der Waals surface area contributed by atoms with Gasteiger partial charge in [0.05, 0.1) is 17.7 Å². The summed E-state index contributed by atoms with van der Waals surface area (Å²) >= 11 is 3.48. The lowest BCUT2D eigenvalue weighted by Gasteiger charge is -1.96. The van der Waals surface area contributed by atoms with Crippen molar-refractivity contribution >= 4 is 34.5 Å². The molecule has 0 radical (unpaired) electrons. The molecule has 19 heavy (non-hydrogen) atoms. The molecule has 0 saturated carbocycles. The van der Waals surface area contributed by atoms with Crippen LogP contribution in [0.4, 0.5) is 0 Å². The van der Waals surface area contributed by atoms with Crippen molar-refractivity contribution in [2.24, 2.45) is 4.99 Å². The lowest BCUT2D eigenvalue weighted by molar-refractivity contribution is 0.416. The van der Waals surface area contributed by atoms with Gasteiger partial charge in [-0.15, -0.1) is 22.7 Å². The molecule has 0 amide bonds. The van der Waals surface area contributed by atoms with E-state index in [0.29, 0.717) is 0 Å². The van der Waals surface area contributed by atoms with E-state index in [0.717, 1.165) is 22.0 Å². The fourth-order valence-electron chi connectivity index (χ4n) is 1.89. The number of rotatable bonds is 3. The Kier molecular flexibility index (Phi) is 3.36. The second-order valence-electron chi connectivity index (χ2n) is 4.18. The highest BCUT2D eigenvalue weighted by Gasteiger charge is 2.11. The Morgan fingerprint density at radius 2 is 2.16 bits per heavy atom. The molecular formula is C15H13NOS2. The normalized spacial score (nSPS) is 16.1. The molecule has 0 bridgehead atoms. The predicted octanol–water partition coefficient (Wildman–Crippen LogP) is 4.86. The Balaban J connectivity index is 2.00. The summed E-state index contributed by atoms with van der Waals surface area (Å²) in [5, 5.41) is 2.09. The van der Waals surface area contributed by atoms with E-state index in [-0.39, 0.29) is 0 Å². The lowest BCUT2D eigenvalue weighted by atomic mass is 10.3. The minimum atomic E-state index is 0.911. The average Bonchev–Trinajstić information content (AvgIpc) is 3.10. The summed E-state index contributed by atoms with van der Waals surface area (Å²) < 4.78 is 5.46. The summed E-state index contributed by atoms with van der Waals surface area (Å²) in [7, 11) is 1.71. The van der Waals surface area contributed by atoms with Gasteiger partial charge >= 0.3 is 0 Å². The summed E-state index contributed by atoms with van der Waals surface area (Å²) in [5.74, 6) is 0.911. The first-order valence-corrected chi connectivity index (χ1v) is 7.62. The molecule has 4 heteroatoms. The molecule has 0 spiro atoms. The molecule has 3 heterocycles. The molecule has 0 N–H and O–H groups in total. The second-order valence-corrected chi connectivity index (χ2v) is 6.21. The number of methoxy groups -OCH3 is 1. The van der Waals surface area contributed by atoms with Crippen molar-refractivity contribution in [1.82, 2.24) is 0 Å². The van der Waals surface area contributed by atoms with Crippen molar-refractivity contribution in [3.8, 4) is 15.5 Å². The Hall–Kier alpha value is -1.65. The molecule has 96 valence electrons. The number of hydrogen-bond acceptors (Lipinski definition) is 4. The van der Waals surface area contributed by atoms with Gasteiger partial charge in [0, 0.05) is 21.5 Å². The summed E-state index contributed by atoms with van der Waals surface area (Å²) in [6, 6.07) is 6.29. The van der Waals surface area contributed by atoms with Crippen molar-refractivity contribution in [3.05, 3.63) is 46.3 Å². The van der Waals surface area contributed by atoms with Crippen LogP contribution in [0, 0.1) is 0 Å². The van der Waals surface area contributed by atoms with Crippen LogP contribution in [0.1, 0.15) is 11.8 Å². The smallest absolute Gasteiger partial charge is 0.137 e. The maximum Gasteiger partial charge on any atom is 0.137 e. The van der Waals surface area contributed by atoms with Crippen LogP contribution in [0.2, 0.25) is 0 Å². The Morgan fingerprint density at radius 3 is 2.79 bits per heavy atom. The molecule has 0 atom stereocenters. The standard InChI is InChI=1S/C15H13NOS2/c1-10-5-6-11(16-10)8-14-12(17-2)9-15(19-14)13-4-3-7-18-13/h3-9H,1-2H3/b11-8+. The highest BCUT2D eigenvalue weighted by atomic mass is 32.1. The van der Waals surface area contributed by atoms with E-state index in [4.69, 9.17) is 4.74 Å². The van der Waals surface area contributed by atoms with Crippen molar-refractivity contribution < 1.29 is 4.74 Å². The van der Waals surface area contributed by atoms with Crippen LogP contribution < -0.4 is 4.74 Å². The van der Waals surface area contributed by atoms with E-state index in [1.807, 2.05) is 19.1 Å². The molecule has 3 rings (SSSR count). The molecule has 0 unspecified atom stereocenters. The number of thiophene rings is 2. The maximum absolute atomic E-state index is 5.46. The molecule has 2 nitrogen and oxygen atoms in total. The van der Waals surface area contributed by atoms with Gasteiger partial charge in [-0.1, -0.05) is 6.07 Å². The SMILES string of the molecule is COc1cc(-c2cccs2)sc1/C=C1\C=CC(C)=N1. The third-order valence-corrected chi connectivity index (χ3v) is 4.92. The highest BCUT2D eigenvalue weighted by Crippen LogP contribution is 2.39. The molecule has 1 aliphatic heterocycles. The van der Waals surface area contributed by atoms with Crippen LogP contribution in [0.3, 0.4) is 0 Å². The number of allylic oxidation sites excluding steroid dienone is 2. The number of aliphatic imine (C=N–C) groups is 1. The first-order chi connectivity index (χ1) is 9.26. The van der Waals surface area contributed by atoms with Gasteiger partial charge in [-0.3, -0.25) is 4.99 Å². The minimum Gasteiger partial charge on any atom is -0.495 e. The molecule has 2 aromatic rings. The molecule has 0 aromatic carbocycles. The van der Waals surface area contributed by atoms with Gasteiger partial charge in [0.15, 0.2) is 0 Å². The summed E-state index contributed by atoms with van der Waals surface area (Å²) in [6.07, 6.45) is 6.12. The van der Waals surface area contributed by atoms with Crippen LogP contribution in [0.25, 0.3) is 15.8 Å². The number of nitrogens with zero attached hydrogens (tertiary/aromatic N) is 1. The maximum atomic E-state index is 5.46. The minimum absolute atomic E-state index is 0.911. The fourth-order valence-corrected chi connectivity index (χ4v) is 3.79. The topological polar surface area (TPSA) is 21.6 Å². The molecule has 1 aliphatic rings. The third-order valence-electron chi connectivity index (χ3n) is 2.79. The molecule has 2 aromatic heterocycles. The van der Waals surface area contributed by atoms with Crippen LogP contribution in [0.5, 0.6) is 5.75 Å². The predicted molar refractivity (Wildman–Crippen MR) is 84.4 cm³/mol.